The molecule has 0 aromatic heterocycles. The van der Waals surface area contributed by atoms with Gasteiger partial charge in [-0.1, -0.05) is 45.4 Å². The minimum absolute atomic E-state index is 0.780. The third-order valence-corrected chi connectivity index (χ3v) is 4.20. The highest BCUT2D eigenvalue weighted by molar-refractivity contribution is 5.29. The standard InChI is InChI=1S/C14H22/c1-4-13-10(2)8-9-12-7-5-6-11(3)14(12)13/h7-11,13-14H,4-6H2,1-3H3/t10?,11-,13?,14?/m0/s1. The highest BCUT2D eigenvalue weighted by atomic mass is 14.4. The molecule has 0 radical (unpaired) electrons. The topological polar surface area (TPSA) is 0 Å². The van der Waals surface area contributed by atoms with Crippen LogP contribution in [0.1, 0.15) is 40.0 Å². The van der Waals surface area contributed by atoms with Crippen LogP contribution in [0.4, 0.5) is 0 Å². The fourth-order valence-electron chi connectivity index (χ4n) is 3.36. The molecule has 0 N–H and O–H groups in total. The van der Waals surface area contributed by atoms with Crippen LogP contribution in [-0.4, -0.2) is 0 Å². The third kappa shape index (κ3) is 1.55. The van der Waals surface area contributed by atoms with Gasteiger partial charge in [0, 0.05) is 0 Å². The Bertz CT molecular complexity index is 259. The van der Waals surface area contributed by atoms with Crippen molar-refractivity contribution in [2.75, 3.05) is 0 Å². The van der Waals surface area contributed by atoms with E-state index in [1.54, 1.807) is 5.57 Å². The summed E-state index contributed by atoms with van der Waals surface area (Å²) in [6, 6.07) is 0. The predicted octanol–water partition coefficient (Wildman–Crippen LogP) is 4.19. The molecule has 0 aromatic rings. The van der Waals surface area contributed by atoms with E-state index in [1.807, 2.05) is 0 Å². The van der Waals surface area contributed by atoms with Crippen molar-refractivity contribution < 1.29 is 0 Å². The van der Waals surface area contributed by atoms with Gasteiger partial charge in [-0.2, -0.15) is 0 Å². The Morgan fingerprint density at radius 3 is 2.86 bits per heavy atom. The molecule has 0 heterocycles. The summed E-state index contributed by atoms with van der Waals surface area (Å²) < 4.78 is 0. The molecule has 0 bridgehead atoms. The fourth-order valence-corrected chi connectivity index (χ4v) is 3.36. The second kappa shape index (κ2) is 3.92. The van der Waals surface area contributed by atoms with Crippen LogP contribution < -0.4 is 0 Å². The fraction of sp³-hybridized carbons (Fsp3) is 0.714. The highest BCUT2D eigenvalue weighted by Gasteiger charge is 2.34. The van der Waals surface area contributed by atoms with Gasteiger partial charge >= 0.3 is 0 Å². The molecule has 0 aromatic carbocycles. The molecule has 0 saturated carbocycles. The second-order valence-corrected chi connectivity index (χ2v) is 5.07. The normalized spacial score (nSPS) is 41.8. The molecule has 2 rings (SSSR count). The van der Waals surface area contributed by atoms with Gasteiger partial charge in [-0.3, -0.25) is 0 Å². The number of hydrogen-bond donors (Lipinski definition) is 0. The molecule has 0 spiro atoms. The molecule has 2 aliphatic carbocycles. The number of fused-ring (bicyclic) bond motifs is 1. The lowest BCUT2D eigenvalue weighted by molar-refractivity contribution is 0.208. The van der Waals surface area contributed by atoms with E-state index in [4.69, 9.17) is 0 Å². The molecule has 3 unspecified atom stereocenters. The van der Waals surface area contributed by atoms with Crippen molar-refractivity contribution in [2.45, 2.75) is 40.0 Å². The molecule has 0 aliphatic heterocycles. The number of hydrogen-bond acceptors (Lipinski definition) is 0. The van der Waals surface area contributed by atoms with E-state index < -0.39 is 0 Å². The minimum Gasteiger partial charge on any atom is -0.0811 e. The lowest BCUT2D eigenvalue weighted by Crippen LogP contribution is -2.31. The van der Waals surface area contributed by atoms with Crippen molar-refractivity contribution in [3.05, 3.63) is 23.8 Å². The van der Waals surface area contributed by atoms with E-state index in [-0.39, 0.29) is 0 Å². The van der Waals surface area contributed by atoms with Gasteiger partial charge in [0.2, 0.25) is 0 Å². The quantitative estimate of drug-likeness (QED) is 0.581. The summed E-state index contributed by atoms with van der Waals surface area (Å²) in [6.45, 7) is 7.16. The van der Waals surface area contributed by atoms with Crippen LogP contribution in [0, 0.1) is 23.7 Å². The second-order valence-electron chi connectivity index (χ2n) is 5.07. The Kier molecular flexibility index (Phi) is 2.80. The largest absolute Gasteiger partial charge is 0.0811 e. The minimum atomic E-state index is 0.780. The maximum atomic E-state index is 2.47. The maximum absolute atomic E-state index is 2.47. The van der Waals surface area contributed by atoms with E-state index in [2.05, 4.69) is 39.0 Å². The van der Waals surface area contributed by atoms with Crippen LogP contribution in [0.5, 0.6) is 0 Å². The van der Waals surface area contributed by atoms with Gasteiger partial charge in [-0.15, -0.1) is 0 Å². The first-order valence-corrected chi connectivity index (χ1v) is 6.12. The first-order chi connectivity index (χ1) is 6.74. The predicted molar refractivity (Wildman–Crippen MR) is 62.1 cm³/mol. The van der Waals surface area contributed by atoms with Crippen LogP contribution in [-0.2, 0) is 0 Å². The van der Waals surface area contributed by atoms with Gasteiger partial charge in [-0.25, -0.2) is 0 Å². The summed E-state index contributed by atoms with van der Waals surface area (Å²) in [5.41, 5.74) is 1.63. The van der Waals surface area contributed by atoms with Gasteiger partial charge < -0.3 is 0 Å². The lowest BCUT2D eigenvalue weighted by Gasteiger charge is -2.40. The summed E-state index contributed by atoms with van der Waals surface area (Å²) in [5.74, 6) is 3.42. The first kappa shape index (κ1) is 10.0. The molecular formula is C14H22. The molecule has 14 heavy (non-hydrogen) atoms. The van der Waals surface area contributed by atoms with Gasteiger partial charge in [-0.05, 0) is 42.1 Å². The van der Waals surface area contributed by atoms with Gasteiger partial charge in [0.05, 0.1) is 0 Å². The average molecular weight is 190 g/mol. The smallest absolute Gasteiger partial charge is 0.0106 e. The Morgan fingerprint density at radius 1 is 1.36 bits per heavy atom. The Hall–Kier alpha value is -0.520. The van der Waals surface area contributed by atoms with Crippen LogP contribution in [0.15, 0.2) is 23.8 Å². The van der Waals surface area contributed by atoms with Gasteiger partial charge in [0.15, 0.2) is 0 Å². The SMILES string of the molecule is CCC1C(C)C=CC2=CCC[C@H](C)C21. The van der Waals surface area contributed by atoms with Crippen molar-refractivity contribution in [3.63, 3.8) is 0 Å². The monoisotopic (exact) mass is 190 g/mol. The van der Waals surface area contributed by atoms with Crippen LogP contribution in [0.2, 0.25) is 0 Å². The third-order valence-electron chi connectivity index (χ3n) is 4.20. The first-order valence-electron chi connectivity index (χ1n) is 6.12. The lowest BCUT2D eigenvalue weighted by atomic mass is 9.65. The zero-order chi connectivity index (χ0) is 10.1. The van der Waals surface area contributed by atoms with E-state index >= 15 is 0 Å². The molecule has 0 fully saturated rings. The van der Waals surface area contributed by atoms with Crippen molar-refractivity contribution >= 4 is 0 Å². The summed E-state index contributed by atoms with van der Waals surface area (Å²) in [6.07, 6.45) is 11.3. The van der Waals surface area contributed by atoms with Crippen molar-refractivity contribution in [1.82, 2.24) is 0 Å². The summed E-state index contributed by atoms with van der Waals surface area (Å²) in [5, 5.41) is 0. The van der Waals surface area contributed by atoms with Gasteiger partial charge in [0.1, 0.15) is 0 Å². The molecule has 4 atom stereocenters. The van der Waals surface area contributed by atoms with E-state index in [0.29, 0.717) is 0 Å². The molecule has 0 heteroatoms. The Balaban J connectivity index is 2.31. The molecule has 2 aliphatic rings. The van der Waals surface area contributed by atoms with Gasteiger partial charge in [0.25, 0.3) is 0 Å². The van der Waals surface area contributed by atoms with Crippen molar-refractivity contribution in [2.24, 2.45) is 23.7 Å². The maximum Gasteiger partial charge on any atom is -0.0106 e. The Morgan fingerprint density at radius 2 is 2.14 bits per heavy atom. The molecule has 78 valence electrons. The van der Waals surface area contributed by atoms with Crippen LogP contribution >= 0.6 is 0 Å². The summed E-state index contributed by atoms with van der Waals surface area (Å²) in [7, 11) is 0. The molecule has 0 nitrogen and oxygen atoms in total. The van der Waals surface area contributed by atoms with Crippen LogP contribution in [0.25, 0.3) is 0 Å². The average Bonchev–Trinajstić information content (AvgIpc) is 2.19. The van der Waals surface area contributed by atoms with E-state index in [9.17, 15) is 0 Å². The summed E-state index contributed by atoms with van der Waals surface area (Å²) >= 11 is 0. The van der Waals surface area contributed by atoms with Crippen LogP contribution in [0.3, 0.4) is 0 Å². The molecule has 0 saturated heterocycles. The number of allylic oxidation sites excluding steroid dienone is 4. The zero-order valence-electron chi connectivity index (χ0n) is 9.66. The van der Waals surface area contributed by atoms with Crippen molar-refractivity contribution in [1.29, 1.82) is 0 Å². The van der Waals surface area contributed by atoms with Crippen molar-refractivity contribution in [3.8, 4) is 0 Å². The van der Waals surface area contributed by atoms with E-state index in [0.717, 1.165) is 23.7 Å². The zero-order valence-corrected chi connectivity index (χ0v) is 9.66. The summed E-state index contributed by atoms with van der Waals surface area (Å²) in [4.78, 5) is 0. The number of rotatable bonds is 1. The highest BCUT2D eigenvalue weighted by Crippen LogP contribution is 2.44. The molecular weight excluding hydrogens is 168 g/mol. The Labute approximate surface area is 88.1 Å². The molecule has 0 amide bonds. The van der Waals surface area contributed by atoms with E-state index in [1.165, 1.54) is 19.3 Å².